The number of benzene rings is 3. The SMILES string of the molecule is COc1ccc(OC)c(CC(=O)N2CCN(S(=O)(=O)c3ccc(C)cc3)C(C(=O)NCc3cc(C(F)(F)F)cc(C(F)(F)F)c3)C2)c1. The number of sulfonamides is 1. The molecule has 3 aromatic rings. The number of piperazine rings is 1. The summed E-state index contributed by atoms with van der Waals surface area (Å²) >= 11 is 0. The van der Waals surface area contributed by atoms with Crippen LogP contribution in [0.25, 0.3) is 0 Å². The van der Waals surface area contributed by atoms with Crippen LogP contribution in [-0.2, 0) is 44.9 Å². The van der Waals surface area contributed by atoms with E-state index >= 15 is 0 Å². The van der Waals surface area contributed by atoms with E-state index in [1.807, 2.05) is 0 Å². The maximum absolute atomic E-state index is 13.7. The van der Waals surface area contributed by atoms with Gasteiger partial charge in [-0.15, -0.1) is 0 Å². The molecule has 16 heteroatoms. The van der Waals surface area contributed by atoms with E-state index < -0.39 is 70.0 Å². The zero-order valence-corrected chi connectivity index (χ0v) is 26.2. The summed E-state index contributed by atoms with van der Waals surface area (Å²) in [6.45, 7) is 0.0834. The van der Waals surface area contributed by atoms with Crippen molar-refractivity contribution >= 4 is 21.8 Å². The number of carbonyl (C=O) groups is 2. The predicted octanol–water partition coefficient (Wildman–Crippen LogP) is 4.81. The van der Waals surface area contributed by atoms with Gasteiger partial charge in [-0.25, -0.2) is 8.42 Å². The molecule has 0 bridgehead atoms. The van der Waals surface area contributed by atoms with Crippen LogP contribution in [0.3, 0.4) is 0 Å². The Hall–Kier alpha value is -4.31. The van der Waals surface area contributed by atoms with Crippen LogP contribution in [-0.4, -0.2) is 69.3 Å². The molecule has 1 fully saturated rings. The van der Waals surface area contributed by atoms with Crippen molar-refractivity contribution < 1.29 is 53.8 Å². The largest absolute Gasteiger partial charge is 0.497 e. The van der Waals surface area contributed by atoms with E-state index in [1.165, 1.54) is 31.3 Å². The Morgan fingerprint density at radius 1 is 0.872 bits per heavy atom. The zero-order valence-electron chi connectivity index (χ0n) is 25.4. The summed E-state index contributed by atoms with van der Waals surface area (Å²) in [5, 5.41) is 2.28. The van der Waals surface area contributed by atoms with Crippen molar-refractivity contribution in [3.63, 3.8) is 0 Å². The summed E-state index contributed by atoms with van der Waals surface area (Å²) in [6, 6.07) is 9.92. The molecule has 9 nitrogen and oxygen atoms in total. The first-order chi connectivity index (χ1) is 21.9. The highest BCUT2D eigenvalue weighted by Gasteiger charge is 2.42. The van der Waals surface area contributed by atoms with E-state index in [9.17, 15) is 44.3 Å². The number of amides is 2. The smallest absolute Gasteiger partial charge is 0.416 e. The molecule has 1 aliphatic rings. The van der Waals surface area contributed by atoms with Crippen LogP contribution in [0.5, 0.6) is 11.5 Å². The summed E-state index contributed by atoms with van der Waals surface area (Å²) in [7, 11) is -1.49. The highest BCUT2D eigenvalue weighted by Crippen LogP contribution is 2.36. The Balaban J connectivity index is 1.63. The van der Waals surface area contributed by atoms with Gasteiger partial charge in [-0.1, -0.05) is 17.7 Å². The molecular weight excluding hydrogens is 656 g/mol. The third kappa shape index (κ3) is 8.35. The fourth-order valence-corrected chi connectivity index (χ4v) is 6.63. The molecule has 0 spiro atoms. The first-order valence-electron chi connectivity index (χ1n) is 14.1. The minimum absolute atomic E-state index is 0.0385. The molecule has 47 heavy (non-hydrogen) atoms. The second-order valence-electron chi connectivity index (χ2n) is 10.8. The molecule has 1 heterocycles. The van der Waals surface area contributed by atoms with Gasteiger partial charge in [0.25, 0.3) is 0 Å². The number of aryl methyl sites for hydroxylation is 1. The summed E-state index contributed by atoms with van der Waals surface area (Å²) < 4.78 is 119. The molecule has 0 aliphatic carbocycles. The number of carbonyl (C=O) groups excluding carboxylic acids is 2. The number of ether oxygens (including phenoxy) is 2. The minimum Gasteiger partial charge on any atom is -0.497 e. The summed E-state index contributed by atoms with van der Waals surface area (Å²) in [4.78, 5) is 28.1. The van der Waals surface area contributed by atoms with Crippen LogP contribution in [0.4, 0.5) is 26.3 Å². The van der Waals surface area contributed by atoms with E-state index in [4.69, 9.17) is 9.47 Å². The fourth-order valence-electron chi connectivity index (χ4n) is 5.06. The molecular formula is C31H31F6N3O6S. The number of methoxy groups -OCH3 is 2. The molecule has 254 valence electrons. The second-order valence-corrected chi connectivity index (χ2v) is 12.7. The minimum atomic E-state index is -5.10. The predicted molar refractivity (Wildman–Crippen MR) is 157 cm³/mol. The molecule has 0 saturated carbocycles. The third-order valence-electron chi connectivity index (χ3n) is 7.56. The van der Waals surface area contributed by atoms with Gasteiger partial charge in [0.15, 0.2) is 0 Å². The summed E-state index contributed by atoms with van der Waals surface area (Å²) in [5.41, 5.74) is -2.43. The van der Waals surface area contributed by atoms with Crippen LogP contribution in [0.2, 0.25) is 0 Å². The summed E-state index contributed by atoms with van der Waals surface area (Å²) in [6.07, 6.45) is -10.4. The van der Waals surface area contributed by atoms with Crippen molar-refractivity contribution in [2.75, 3.05) is 33.9 Å². The van der Waals surface area contributed by atoms with E-state index in [0.717, 1.165) is 9.87 Å². The Labute approximate surface area is 267 Å². The van der Waals surface area contributed by atoms with Crippen molar-refractivity contribution in [2.45, 2.75) is 43.2 Å². The van der Waals surface area contributed by atoms with E-state index in [-0.39, 0.29) is 30.5 Å². The maximum atomic E-state index is 13.7. The molecule has 1 unspecified atom stereocenters. The standard InChI is InChI=1S/C31H31F6N3O6S/c1-19-4-7-25(8-5-19)47(43,44)40-11-10-39(28(41)15-21-14-24(45-2)6-9-27(21)46-3)18-26(40)29(42)38-17-20-12-22(30(32,33)34)16-23(13-20)31(35,36)37/h4-9,12-14,16,26H,10-11,15,17-18H2,1-3H3,(H,38,42). The highest BCUT2D eigenvalue weighted by atomic mass is 32.2. The Kier molecular flexibility index (Phi) is 10.4. The van der Waals surface area contributed by atoms with E-state index in [0.29, 0.717) is 29.2 Å². The fraction of sp³-hybridized carbons (Fsp3) is 0.355. The summed E-state index contributed by atoms with van der Waals surface area (Å²) in [5.74, 6) is -0.686. The van der Waals surface area contributed by atoms with Crippen LogP contribution in [0.15, 0.2) is 65.6 Å². The number of hydrogen-bond donors (Lipinski definition) is 1. The first-order valence-corrected chi connectivity index (χ1v) is 15.5. The number of halogens is 6. The first kappa shape index (κ1) is 35.5. The van der Waals surface area contributed by atoms with E-state index in [1.54, 1.807) is 37.3 Å². The number of hydrogen-bond acceptors (Lipinski definition) is 6. The molecule has 0 radical (unpaired) electrons. The van der Waals surface area contributed by atoms with Crippen molar-refractivity contribution in [1.82, 2.24) is 14.5 Å². The zero-order chi connectivity index (χ0) is 34.7. The van der Waals surface area contributed by atoms with Crippen LogP contribution in [0.1, 0.15) is 27.8 Å². The van der Waals surface area contributed by atoms with Gasteiger partial charge in [-0.05, 0) is 61.0 Å². The molecule has 2 amide bonds. The average Bonchev–Trinajstić information content (AvgIpc) is 3.02. The van der Waals surface area contributed by atoms with E-state index in [2.05, 4.69) is 5.32 Å². The Morgan fingerprint density at radius 2 is 1.49 bits per heavy atom. The number of nitrogens with one attached hydrogen (secondary N) is 1. The Morgan fingerprint density at radius 3 is 2.04 bits per heavy atom. The molecule has 0 aromatic heterocycles. The van der Waals surface area contributed by atoms with Gasteiger partial charge in [-0.3, -0.25) is 9.59 Å². The van der Waals surface area contributed by atoms with Gasteiger partial charge >= 0.3 is 12.4 Å². The lowest BCUT2D eigenvalue weighted by molar-refractivity contribution is -0.143. The molecule has 3 aromatic carbocycles. The van der Waals surface area contributed by atoms with Gasteiger partial charge in [0, 0.05) is 31.7 Å². The maximum Gasteiger partial charge on any atom is 0.416 e. The molecule has 1 N–H and O–H groups in total. The number of nitrogens with zero attached hydrogens (tertiary/aromatic N) is 2. The van der Waals surface area contributed by atoms with Crippen molar-refractivity contribution in [3.8, 4) is 11.5 Å². The van der Waals surface area contributed by atoms with Gasteiger partial charge in [0.2, 0.25) is 21.8 Å². The van der Waals surface area contributed by atoms with Crippen molar-refractivity contribution in [3.05, 3.63) is 88.5 Å². The quantitative estimate of drug-likeness (QED) is 0.324. The normalized spacial score (nSPS) is 16.1. The lowest BCUT2D eigenvalue weighted by Crippen LogP contribution is -2.61. The monoisotopic (exact) mass is 687 g/mol. The van der Waals surface area contributed by atoms with Crippen LogP contribution >= 0.6 is 0 Å². The van der Waals surface area contributed by atoms with Crippen LogP contribution in [0, 0.1) is 6.92 Å². The van der Waals surface area contributed by atoms with Crippen molar-refractivity contribution in [1.29, 1.82) is 0 Å². The second kappa shape index (κ2) is 13.8. The van der Waals surface area contributed by atoms with Crippen molar-refractivity contribution in [2.24, 2.45) is 0 Å². The highest BCUT2D eigenvalue weighted by molar-refractivity contribution is 7.89. The lowest BCUT2D eigenvalue weighted by atomic mass is 10.0. The molecule has 1 atom stereocenters. The lowest BCUT2D eigenvalue weighted by Gasteiger charge is -2.39. The topological polar surface area (TPSA) is 105 Å². The third-order valence-corrected chi connectivity index (χ3v) is 9.48. The average molecular weight is 688 g/mol. The van der Waals surface area contributed by atoms with Gasteiger partial charge in [0.05, 0.1) is 36.7 Å². The van der Waals surface area contributed by atoms with Gasteiger partial charge in [-0.2, -0.15) is 30.6 Å². The molecule has 1 aliphatic heterocycles. The van der Waals surface area contributed by atoms with Gasteiger partial charge in [0.1, 0.15) is 17.5 Å². The number of alkyl halides is 6. The molecule has 1 saturated heterocycles. The molecule has 4 rings (SSSR count). The number of rotatable bonds is 9. The van der Waals surface area contributed by atoms with Gasteiger partial charge < -0.3 is 19.7 Å². The Bertz CT molecular complexity index is 1700. The van der Waals surface area contributed by atoms with Crippen LogP contribution < -0.4 is 14.8 Å².